The van der Waals surface area contributed by atoms with Gasteiger partial charge in [0.25, 0.3) is 5.91 Å². The Kier molecular flexibility index (Phi) is 12.0. The summed E-state index contributed by atoms with van der Waals surface area (Å²) in [5, 5.41) is 14.1. The van der Waals surface area contributed by atoms with Crippen LogP contribution in [-0.2, 0) is 20.8 Å². The SMILES string of the molecule is CCOC(=O)c1sc(NC(=O)C(C)Sc2nnc(CNC(=O)c3ccc(OC)cc3)n2-c2ccccc2OC)c(C(=O)OCC)c1C. The molecule has 0 fully saturated rings. The van der Waals surface area contributed by atoms with Gasteiger partial charge in [-0.1, -0.05) is 23.9 Å². The molecule has 4 aromatic rings. The van der Waals surface area contributed by atoms with Crippen LogP contribution < -0.4 is 20.1 Å². The fourth-order valence-corrected chi connectivity index (χ4v) is 6.39. The maximum atomic E-state index is 13.5. The largest absolute Gasteiger partial charge is 0.497 e. The quantitative estimate of drug-likeness (QED) is 0.135. The van der Waals surface area contributed by atoms with E-state index in [1.807, 2.05) is 18.2 Å². The molecule has 0 radical (unpaired) electrons. The third-order valence-corrected chi connectivity index (χ3v) is 8.99. The van der Waals surface area contributed by atoms with Crippen LogP contribution in [0, 0.1) is 6.92 Å². The number of thiophene rings is 1. The van der Waals surface area contributed by atoms with Crippen molar-refractivity contribution in [3.63, 3.8) is 0 Å². The fraction of sp³-hybridized carbons (Fsp3) is 0.312. The van der Waals surface area contributed by atoms with E-state index < -0.39 is 23.1 Å². The molecule has 0 saturated heterocycles. The van der Waals surface area contributed by atoms with Crippen molar-refractivity contribution in [3.8, 4) is 17.2 Å². The van der Waals surface area contributed by atoms with Crippen molar-refractivity contribution in [1.29, 1.82) is 0 Å². The Balaban J connectivity index is 1.60. The average Bonchev–Trinajstić information content (AvgIpc) is 3.63. The Hall–Kier alpha value is -4.89. The van der Waals surface area contributed by atoms with Crippen molar-refractivity contribution in [1.82, 2.24) is 20.1 Å². The number of rotatable bonds is 14. The molecule has 0 aliphatic heterocycles. The number of aromatic nitrogens is 3. The van der Waals surface area contributed by atoms with Crippen LogP contribution in [0.3, 0.4) is 0 Å². The number of hydrogen-bond acceptors (Lipinski definition) is 12. The zero-order valence-electron chi connectivity index (χ0n) is 26.7. The van der Waals surface area contributed by atoms with E-state index in [9.17, 15) is 19.2 Å². The van der Waals surface area contributed by atoms with E-state index in [-0.39, 0.29) is 41.1 Å². The van der Waals surface area contributed by atoms with Gasteiger partial charge < -0.3 is 29.6 Å². The van der Waals surface area contributed by atoms with Gasteiger partial charge in [0.05, 0.1) is 50.5 Å². The van der Waals surface area contributed by atoms with E-state index in [4.69, 9.17) is 18.9 Å². The first-order valence-electron chi connectivity index (χ1n) is 14.6. The summed E-state index contributed by atoms with van der Waals surface area (Å²) in [5.41, 5.74) is 1.49. The smallest absolute Gasteiger partial charge is 0.348 e. The van der Waals surface area contributed by atoms with Gasteiger partial charge in [-0.15, -0.1) is 21.5 Å². The Morgan fingerprint density at radius 2 is 1.62 bits per heavy atom. The van der Waals surface area contributed by atoms with Gasteiger partial charge in [-0.2, -0.15) is 0 Å². The topological polar surface area (TPSA) is 160 Å². The molecule has 4 rings (SSSR count). The predicted molar refractivity (Wildman–Crippen MR) is 177 cm³/mol. The first-order chi connectivity index (χ1) is 22.6. The first-order valence-corrected chi connectivity index (χ1v) is 16.3. The van der Waals surface area contributed by atoms with E-state index in [2.05, 4.69) is 20.8 Å². The number of para-hydroxylation sites is 2. The van der Waals surface area contributed by atoms with Gasteiger partial charge in [0.15, 0.2) is 11.0 Å². The minimum Gasteiger partial charge on any atom is -0.497 e. The van der Waals surface area contributed by atoms with Crippen LogP contribution in [0.25, 0.3) is 5.69 Å². The standard InChI is InChI=1S/C32H35N5O8S2/c1-7-44-30(40)25-18(3)26(31(41)45-8-2)47-29(25)34-27(38)19(4)46-32-36-35-24(37(32)22-11-9-10-12-23(22)43-6)17-33-28(39)20-13-15-21(42-5)16-14-20/h9-16,19H,7-8,17H2,1-6H3,(H,33,39)(H,34,38). The molecule has 2 aromatic carbocycles. The second-order valence-electron chi connectivity index (χ2n) is 9.77. The number of methoxy groups -OCH3 is 2. The number of anilines is 1. The highest BCUT2D eigenvalue weighted by Gasteiger charge is 2.29. The molecule has 0 saturated carbocycles. The van der Waals surface area contributed by atoms with Crippen molar-refractivity contribution in [2.45, 2.75) is 44.6 Å². The molecule has 0 spiro atoms. The molecule has 1 unspecified atom stereocenters. The molecule has 15 heteroatoms. The lowest BCUT2D eigenvalue weighted by Gasteiger charge is -2.16. The number of amides is 2. The summed E-state index contributed by atoms with van der Waals surface area (Å²) < 4.78 is 22.8. The van der Waals surface area contributed by atoms with Gasteiger partial charge >= 0.3 is 11.9 Å². The zero-order chi connectivity index (χ0) is 34.1. The summed E-state index contributed by atoms with van der Waals surface area (Å²) in [6.07, 6.45) is 0. The van der Waals surface area contributed by atoms with Crippen LogP contribution in [-0.4, -0.2) is 71.2 Å². The lowest BCUT2D eigenvalue weighted by atomic mass is 10.1. The molecular formula is C32H35N5O8S2. The predicted octanol–water partition coefficient (Wildman–Crippen LogP) is 5.06. The van der Waals surface area contributed by atoms with Crippen molar-refractivity contribution in [2.75, 3.05) is 32.8 Å². The van der Waals surface area contributed by atoms with Crippen molar-refractivity contribution >= 4 is 51.9 Å². The van der Waals surface area contributed by atoms with Crippen LogP contribution in [0.4, 0.5) is 5.00 Å². The summed E-state index contributed by atoms with van der Waals surface area (Å²) in [6.45, 7) is 6.91. The van der Waals surface area contributed by atoms with Gasteiger partial charge in [0.2, 0.25) is 5.91 Å². The highest BCUT2D eigenvalue weighted by molar-refractivity contribution is 8.00. The summed E-state index contributed by atoms with van der Waals surface area (Å²) in [6, 6.07) is 13.9. The lowest BCUT2D eigenvalue weighted by molar-refractivity contribution is -0.115. The molecule has 2 N–H and O–H groups in total. The maximum absolute atomic E-state index is 13.5. The van der Waals surface area contributed by atoms with Crippen LogP contribution >= 0.6 is 23.1 Å². The van der Waals surface area contributed by atoms with Crippen molar-refractivity contribution in [3.05, 3.63) is 75.9 Å². The normalized spacial score (nSPS) is 11.4. The van der Waals surface area contributed by atoms with E-state index in [1.54, 1.807) is 69.7 Å². The second kappa shape index (κ2) is 16.1. The van der Waals surface area contributed by atoms with Crippen molar-refractivity contribution < 1.29 is 38.1 Å². The molecule has 0 aliphatic carbocycles. The van der Waals surface area contributed by atoms with Crippen LogP contribution in [0.1, 0.15) is 62.5 Å². The average molecular weight is 682 g/mol. The number of esters is 2. The van der Waals surface area contributed by atoms with E-state index in [1.165, 1.54) is 7.11 Å². The molecule has 0 aliphatic rings. The highest BCUT2D eigenvalue weighted by Crippen LogP contribution is 2.36. The first kappa shape index (κ1) is 35.0. The number of carbonyl (C=O) groups is 4. The van der Waals surface area contributed by atoms with E-state index in [0.717, 1.165) is 23.1 Å². The molecule has 2 amide bonds. The van der Waals surface area contributed by atoms with E-state index >= 15 is 0 Å². The van der Waals surface area contributed by atoms with Crippen LogP contribution in [0.5, 0.6) is 11.5 Å². The maximum Gasteiger partial charge on any atom is 0.348 e. The number of carbonyl (C=O) groups excluding carboxylic acids is 4. The fourth-order valence-electron chi connectivity index (χ4n) is 4.42. The molecule has 248 valence electrons. The minimum absolute atomic E-state index is 0.0189. The highest BCUT2D eigenvalue weighted by atomic mass is 32.2. The third-order valence-electron chi connectivity index (χ3n) is 6.76. The number of ether oxygens (including phenoxy) is 4. The Morgan fingerprint density at radius 3 is 2.28 bits per heavy atom. The summed E-state index contributed by atoms with van der Waals surface area (Å²) in [7, 11) is 3.08. The Bertz CT molecular complexity index is 1750. The molecular weight excluding hydrogens is 647 g/mol. The summed E-state index contributed by atoms with van der Waals surface area (Å²) in [5.74, 6) is -0.499. The van der Waals surface area contributed by atoms with Gasteiger partial charge in [-0.3, -0.25) is 14.2 Å². The number of hydrogen-bond donors (Lipinski definition) is 2. The Morgan fingerprint density at radius 1 is 0.936 bits per heavy atom. The van der Waals surface area contributed by atoms with Gasteiger partial charge in [-0.05, 0) is 69.7 Å². The van der Waals surface area contributed by atoms with Gasteiger partial charge in [-0.25, -0.2) is 9.59 Å². The van der Waals surface area contributed by atoms with Crippen molar-refractivity contribution in [2.24, 2.45) is 0 Å². The molecule has 47 heavy (non-hydrogen) atoms. The van der Waals surface area contributed by atoms with Gasteiger partial charge in [0.1, 0.15) is 21.4 Å². The second-order valence-corrected chi connectivity index (χ2v) is 12.1. The minimum atomic E-state index is -0.752. The van der Waals surface area contributed by atoms with Crippen LogP contribution in [0.15, 0.2) is 53.7 Å². The number of nitrogens with zero attached hydrogens (tertiary/aromatic N) is 3. The summed E-state index contributed by atoms with van der Waals surface area (Å²) >= 11 is 2.05. The lowest BCUT2D eigenvalue weighted by Crippen LogP contribution is -2.25. The number of nitrogens with one attached hydrogen (secondary N) is 2. The van der Waals surface area contributed by atoms with Gasteiger partial charge in [0, 0.05) is 5.56 Å². The molecule has 2 heterocycles. The summed E-state index contributed by atoms with van der Waals surface area (Å²) in [4.78, 5) is 52.0. The molecule has 0 bridgehead atoms. The number of thioether (sulfide) groups is 1. The number of benzene rings is 2. The monoisotopic (exact) mass is 681 g/mol. The Labute approximate surface area is 280 Å². The molecule has 13 nitrogen and oxygen atoms in total. The third kappa shape index (κ3) is 8.10. The van der Waals surface area contributed by atoms with E-state index in [0.29, 0.717) is 39.3 Å². The van der Waals surface area contributed by atoms with Crippen LogP contribution in [0.2, 0.25) is 0 Å². The molecule has 2 aromatic heterocycles. The zero-order valence-corrected chi connectivity index (χ0v) is 28.4. The molecule has 1 atom stereocenters.